The maximum absolute atomic E-state index is 12.6. The molecule has 1 aliphatic rings. The molecule has 1 aliphatic heterocycles. The third-order valence-corrected chi connectivity index (χ3v) is 5.88. The van der Waals surface area contributed by atoms with Crippen LogP contribution in [0.5, 0.6) is 0 Å². The lowest BCUT2D eigenvalue weighted by Crippen LogP contribution is -2.61. The first-order chi connectivity index (χ1) is 18.9. The fourth-order valence-corrected chi connectivity index (χ4v) is 3.81. The van der Waals surface area contributed by atoms with E-state index in [-0.39, 0.29) is 76.0 Å². The third kappa shape index (κ3) is 11.9. The van der Waals surface area contributed by atoms with E-state index < -0.39 is 60.3 Å². The summed E-state index contributed by atoms with van der Waals surface area (Å²) < 4.78 is 0. The van der Waals surface area contributed by atoms with Gasteiger partial charge < -0.3 is 26.4 Å². The lowest BCUT2D eigenvalue weighted by atomic mass is 10.0. The minimum Gasteiger partial charge on any atom is -0.394 e. The molecule has 0 spiro atoms. The van der Waals surface area contributed by atoms with Crippen LogP contribution in [0.15, 0.2) is 0 Å². The molecule has 18 nitrogen and oxygen atoms in total. The van der Waals surface area contributed by atoms with Gasteiger partial charge in [-0.1, -0.05) is 0 Å². The van der Waals surface area contributed by atoms with E-state index in [0.29, 0.717) is 10.1 Å². The molecule has 0 aromatic carbocycles. The zero-order valence-corrected chi connectivity index (χ0v) is 22.0. The Morgan fingerprint density at radius 3 is 1.82 bits per heavy atom. The molecule has 0 radical (unpaired) electrons. The van der Waals surface area contributed by atoms with Crippen LogP contribution in [0, 0.1) is 0 Å². The van der Waals surface area contributed by atoms with Crippen molar-refractivity contribution >= 4 is 42.4 Å². The van der Waals surface area contributed by atoms with Gasteiger partial charge in [0.2, 0.25) is 36.4 Å². The predicted octanol–water partition coefficient (Wildman–Crippen LogP) is -3.79. The summed E-state index contributed by atoms with van der Waals surface area (Å²) in [7, 11) is 0. The van der Waals surface area contributed by atoms with Crippen molar-refractivity contribution in [1.29, 1.82) is 0 Å². The average Bonchev–Trinajstić information content (AvgIpc) is 2.92. The first-order valence-electron chi connectivity index (χ1n) is 12.5. The number of hydrogen-bond donors (Lipinski definition) is 8. The van der Waals surface area contributed by atoms with E-state index in [2.05, 4.69) is 21.3 Å². The van der Waals surface area contributed by atoms with Crippen molar-refractivity contribution in [3.63, 3.8) is 0 Å². The van der Waals surface area contributed by atoms with Crippen LogP contribution in [0.2, 0.25) is 0 Å². The van der Waals surface area contributed by atoms with Crippen LogP contribution in [0.3, 0.4) is 0 Å². The molecule has 0 aromatic heterocycles. The van der Waals surface area contributed by atoms with Gasteiger partial charge in [-0.15, -0.1) is 0 Å². The van der Waals surface area contributed by atoms with Crippen LogP contribution >= 0.6 is 0 Å². The normalized spacial score (nSPS) is 17.9. The SMILES string of the molecule is CC(=O)NC(CCCN(O)C=O)C(=O)NC(CO)C(=O)N(O)CCCC1NC(=O)C(CCCN(O)C=O)NC1=O. The average molecular weight is 576 g/mol. The molecule has 0 bridgehead atoms. The quantitative estimate of drug-likeness (QED) is 0.0421. The smallest absolute Gasteiger partial charge is 0.270 e. The van der Waals surface area contributed by atoms with Crippen LogP contribution in [0.1, 0.15) is 45.4 Å². The number of aliphatic hydroxyl groups excluding tert-OH is 1. The number of piperazine rings is 1. The van der Waals surface area contributed by atoms with Crippen molar-refractivity contribution in [1.82, 2.24) is 36.5 Å². The molecule has 1 rings (SSSR count). The number of nitrogens with one attached hydrogen (secondary N) is 4. The Kier molecular flexibility index (Phi) is 15.1. The molecule has 1 heterocycles. The number of aliphatic hydroxyl groups is 1. The Labute approximate surface area is 229 Å². The van der Waals surface area contributed by atoms with Gasteiger partial charge in [0.25, 0.3) is 5.91 Å². The molecule has 0 aromatic rings. The van der Waals surface area contributed by atoms with Crippen LogP contribution < -0.4 is 21.3 Å². The van der Waals surface area contributed by atoms with Crippen molar-refractivity contribution in [3.05, 3.63) is 0 Å². The monoisotopic (exact) mass is 575 g/mol. The van der Waals surface area contributed by atoms with Gasteiger partial charge in [-0.2, -0.15) is 0 Å². The predicted molar refractivity (Wildman–Crippen MR) is 131 cm³/mol. The lowest BCUT2D eigenvalue weighted by Gasteiger charge is -2.30. The standard InChI is InChI=1S/C22H37N7O11/c1-14(33)23-15(5-2-8-27(38)12-31)19(34)26-18(11-30)22(37)29(40)10-4-7-17-21(36)24-16(20(35)25-17)6-3-9-28(39)13-32/h12-13,15-18,30,38-40H,2-11H2,1H3,(H,23,33)(H,24,36)(H,25,35)(H,26,34). The summed E-state index contributed by atoms with van der Waals surface area (Å²) in [6.07, 6.45) is 1.03. The summed E-state index contributed by atoms with van der Waals surface area (Å²) in [4.78, 5) is 82.0. The van der Waals surface area contributed by atoms with E-state index in [9.17, 15) is 43.9 Å². The Hall–Kier alpha value is -3.87. The molecule has 7 amide bonds. The zero-order valence-electron chi connectivity index (χ0n) is 22.0. The maximum atomic E-state index is 12.6. The Morgan fingerprint density at radius 2 is 1.35 bits per heavy atom. The third-order valence-electron chi connectivity index (χ3n) is 5.88. The molecule has 0 aliphatic carbocycles. The highest BCUT2D eigenvalue weighted by molar-refractivity contribution is 5.97. The summed E-state index contributed by atoms with van der Waals surface area (Å²) in [6, 6.07) is -4.50. The molecular formula is C22H37N7O11. The molecule has 1 fully saturated rings. The van der Waals surface area contributed by atoms with Crippen molar-refractivity contribution < 1.29 is 54.3 Å². The Morgan fingerprint density at radius 1 is 0.850 bits per heavy atom. The van der Waals surface area contributed by atoms with Gasteiger partial charge in [-0.3, -0.25) is 49.2 Å². The van der Waals surface area contributed by atoms with Crippen molar-refractivity contribution in [2.45, 2.75) is 69.6 Å². The van der Waals surface area contributed by atoms with Gasteiger partial charge in [0.15, 0.2) is 0 Å². The van der Waals surface area contributed by atoms with Crippen LogP contribution in [0.25, 0.3) is 0 Å². The van der Waals surface area contributed by atoms with Crippen LogP contribution in [-0.4, -0.2) is 129 Å². The van der Waals surface area contributed by atoms with Crippen molar-refractivity contribution in [3.8, 4) is 0 Å². The Bertz CT molecular complexity index is 906. The summed E-state index contributed by atoms with van der Waals surface area (Å²) >= 11 is 0. The number of hydrogen-bond acceptors (Lipinski definition) is 11. The van der Waals surface area contributed by atoms with E-state index in [0.717, 1.165) is 6.92 Å². The second-order valence-electron chi connectivity index (χ2n) is 9.04. The molecule has 8 N–H and O–H groups in total. The molecule has 226 valence electrons. The first-order valence-corrected chi connectivity index (χ1v) is 12.5. The number of carbonyl (C=O) groups excluding carboxylic acids is 7. The fourth-order valence-electron chi connectivity index (χ4n) is 3.81. The second-order valence-corrected chi connectivity index (χ2v) is 9.04. The molecule has 40 heavy (non-hydrogen) atoms. The Balaban J connectivity index is 2.56. The number of rotatable bonds is 19. The van der Waals surface area contributed by atoms with Crippen molar-refractivity contribution in [2.75, 3.05) is 26.2 Å². The van der Waals surface area contributed by atoms with Crippen LogP contribution in [0.4, 0.5) is 0 Å². The number of amides is 7. The summed E-state index contributed by atoms with van der Waals surface area (Å²) in [5, 5.41) is 48.7. The topological polar surface area (TPSA) is 258 Å². The summed E-state index contributed by atoms with van der Waals surface area (Å²) in [5.74, 6) is -3.43. The molecule has 18 heteroatoms. The maximum Gasteiger partial charge on any atom is 0.270 e. The minimum atomic E-state index is -1.56. The molecule has 0 saturated carbocycles. The molecule has 4 unspecified atom stereocenters. The number of hydroxylamine groups is 6. The van der Waals surface area contributed by atoms with Crippen LogP contribution in [-0.2, 0) is 33.6 Å². The highest BCUT2D eigenvalue weighted by Gasteiger charge is 2.33. The van der Waals surface area contributed by atoms with E-state index in [1.807, 2.05) is 0 Å². The minimum absolute atomic E-state index is 0.0137. The first kappa shape index (κ1) is 34.2. The van der Waals surface area contributed by atoms with E-state index in [1.165, 1.54) is 0 Å². The van der Waals surface area contributed by atoms with Gasteiger partial charge in [-0.05, 0) is 38.5 Å². The van der Waals surface area contributed by atoms with Gasteiger partial charge in [0.1, 0.15) is 24.2 Å². The molecular weight excluding hydrogens is 538 g/mol. The molecule has 4 atom stereocenters. The number of nitrogens with zero attached hydrogens (tertiary/aromatic N) is 3. The van der Waals surface area contributed by atoms with E-state index in [4.69, 9.17) is 10.4 Å². The van der Waals surface area contributed by atoms with E-state index >= 15 is 0 Å². The largest absolute Gasteiger partial charge is 0.394 e. The second kappa shape index (κ2) is 17.7. The van der Waals surface area contributed by atoms with Gasteiger partial charge in [0, 0.05) is 26.6 Å². The highest BCUT2D eigenvalue weighted by atomic mass is 16.5. The van der Waals surface area contributed by atoms with Gasteiger partial charge in [-0.25, -0.2) is 15.2 Å². The van der Waals surface area contributed by atoms with Gasteiger partial charge >= 0.3 is 0 Å². The van der Waals surface area contributed by atoms with E-state index in [1.54, 1.807) is 0 Å². The van der Waals surface area contributed by atoms with Gasteiger partial charge in [0.05, 0.1) is 6.61 Å². The van der Waals surface area contributed by atoms with Crippen molar-refractivity contribution in [2.24, 2.45) is 0 Å². The zero-order chi connectivity index (χ0) is 30.2. The lowest BCUT2D eigenvalue weighted by molar-refractivity contribution is -0.170. The fraction of sp³-hybridized carbons (Fsp3) is 0.682. The highest BCUT2D eigenvalue weighted by Crippen LogP contribution is 2.09. The number of carbonyl (C=O) groups is 7. The molecule has 1 saturated heterocycles. The summed E-state index contributed by atoms with van der Waals surface area (Å²) in [5.41, 5.74) is 0. The summed E-state index contributed by atoms with van der Waals surface area (Å²) in [6.45, 7) is -0.167.